The van der Waals surface area contributed by atoms with Gasteiger partial charge in [0.25, 0.3) is 0 Å². The molecule has 1 aromatic rings. The van der Waals surface area contributed by atoms with E-state index in [9.17, 15) is 0 Å². The Morgan fingerprint density at radius 3 is 2.43 bits per heavy atom. The van der Waals surface area contributed by atoms with E-state index in [-0.39, 0.29) is 24.8 Å². The smallest absolute Gasteiger partial charge is 0.0753 e. The van der Waals surface area contributed by atoms with Crippen molar-refractivity contribution < 1.29 is 0 Å². The van der Waals surface area contributed by atoms with Crippen molar-refractivity contribution in [2.45, 2.75) is 0 Å². The largest absolute Gasteiger partial charge is 0.366 e. The summed E-state index contributed by atoms with van der Waals surface area (Å²) in [4.78, 5) is 2.35. The van der Waals surface area contributed by atoms with Crippen LogP contribution in [0.15, 0.2) is 12.4 Å². The van der Waals surface area contributed by atoms with E-state index in [4.69, 9.17) is 0 Å². The predicted octanol–water partition coefficient (Wildman–Crippen LogP) is 0.673. The van der Waals surface area contributed by atoms with Gasteiger partial charge in [-0.3, -0.25) is 4.68 Å². The Morgan fingerprint density at radius 2 is 1.93 bits per heavy atom. The summed E-state index contributed by atoms with van der Waals surface area (Å²) < 4.78 is 1.84. The first-order valence-electron chi connectivity index (χ1n) is 4.30. The molecule has 0 aliphatic carbocycles. The van der Waals surface area contributed by atoms with Crippen molar-refractivity contribution in [1.82, 2.24) is 15.1 Å². The van der Waals surface area contributed by atoms with Crippen molar-refractivity contribution in [2.75, 3.05) is 31.1 Å². The second-order valence-corrected chi connectivity index (χ2v) is 3.11. The zero-order valence-corrected chi connectivity index (χ0v) is 9.77. The molecule has 0 unspecified atom stereocenters. The van der Waals surface area contributed by atoms with E-state index < -0.39 is 0 Å². The minimum absolute atomic E-state index is 0. The van der Waals surface area contributed by atoms with Crippen LogP contribution < -0.4 is 10.2 Å². The third kappa shape index (κ3) is 3.04. The lowest BCUT2D eigenvalue weighted by atomic mass is 10.3. The van der Waals surface area contributed by atoms with Crippen molar-refractivity contribution in [2.24, 2.45) is 7.05 Å². The fourth-order valence-electron chi connectivity index (χ4n) is 1.49. The lowest BCUT2D eigenvalue weighted by Crippen LogP contribution is -2.43. The first kappa shape index (κ1) is 13.5. The standard InChI is InChI=1S/C8H14N4.2ClH/c1-11-7-8(6-10-11)12-4-2-9-3-5-12;;/h6-7,9H,2-5H2,1H3;2*1H. The molecule has 0 saturated carbocycles. The fourth-order valence-corrected chi connectivity index (χ4v) is 1.49. The monoisotopic (exact) mass is 238 g/mol. The van der Waals surface area contributed by atoms with Crippen LogP contribution in [-0.4, -0.2) is 36.0 Å². The van der Waals surface area contributed by atoms with Crippen LogP contribution in [0.3, 0.4) is 0 Å². The maximum atomic E-state index is 4.15. The van der Waals surface area contributed by atoms with Crippen molar-refractivity contribution in [3.05, 3.63) is 12.4 Å². The van der Waals surface area contributed by atoms with Gasteiger partial charge < -0.3 is 10.2 Å². The van der Waals surface area contributed by atoms with Crippen molar-refractivity contribution in [3.8, 4) is 0 Å². The lowest BCUT2D eigenvalue weighted by molar-refractivity contribution is 0.589. The van der Waals surface area contributed by atoms with Gasteiger partial charge in [0.05, 0.1) is 11.9 Å². The maximum absolute atomic E-state index is 4.15. The molecule has 14 heavy (non-hydrogen) atoms. The molecule has 0 bridgehead atoms. The maximum Gasteiger partial charge on any atom is 0.0753 e. The average molecular weight is 239 g/mol. The van der Waals surface area contributed by atoms with Crippen LogP contribution in [0.4, 0.5) is 5.69 Å². The second-order valence-electron chi connectivity index (χ2n) is 3.11. The van der Waals surface area contributed by atoms with Gasteiger partial charge in [-0.05, 0) is 0 Å². The highest BCUT2D eigenvalue weighted by atomic mass is 35.5. The average Bonchev–Trinajstić information content (AvgIpc) is 2.54. The molecule has 2 rings (SSSR count). The van der Waals surface area contributed by atoms with Crippen molar-refractivity contribution >= 4 is 30.5 Å². The molecule has 1 aliphatic heterocycles. The number of nitrogens with one attached hydrogen (secondary N) is 1. The van der Waals surface area contributed by atoms with Gasteiger partial charge in [0.1, 0.15) is 0 Å². The fraction of sp³-hybridized carbons (Fsp3) is 0.625. The molecule has 1 saturated heterocycles. The first-order valence-corrected chi connectivity index (χ1v) is 4.30. The van der Waals surface area contributed by atoms with Gasteiger partial charge in [-0.15, -0.1) is 24.8 Å². The molecule has 1 aliphatic rings. The van der Waals surface area contributed by atoms with E-state index in [1.165, 1.54) is 5.69 Å². The predicted molar refractivity (Wildman–Crippen MR) is 62.8 cm³/mol. The van der Waals surface area contributed by atoms with Gasteiger partial charge in [0.2, 0.25) is 0 Å². The van der Waals surface area contributed by atoms with E-state index in [0.29, 0.717) is 0 Å². The van der Waals surface area contributed by atoms with Gasteiger partial charge >= 0.3 is 0 Å². The molecule has 0 amide bonds. The van der Waals surface area contributed by atoms with E-state index >= 15 is 0 Å². The second kappa shape index (κ2) is 6.11. The van der Waals surface area contributed by atoms with E-state index in [1.807, 2.05) is 17.9 Å². The van der Waals surface area contributed by atoms with Gasteiger partial charge in [-0.2, -0.15) is 5.10 Å². The molecule has 82 valence electrons. The topological polar surface area (TPSA) is 33.1 Å². The van der Waals surface area contributed by atoms with Gasteiger partial charge in [0.15, 0.2) is 0 Å². The summed E-state index contributed by atoms with van der Waals surface area (Å²) in [5, 5.41) is 7.47. The highest BCUT2D eigenvalue weighted by molar-refractivity contribution is 5.85. The third-order valence-electron chi connectivity index (χ3n) is 2.17. The molecular weight excluding hydrogens is 223 g/mol. The number of hydrogen-bond acceptors (Lipinski definition) is 3. The van der Waals surface area contributed by atoms with Gasteiger partial charge in [-0.25, -0.2) is 0 Å². The molecule has 1 N–H and O–H groups in total. The zero-order chi connectivity index (χ0) is 8.39. The highest BCUT2D eigenvalue weighted by Crippen LogP contribution is 2.11. The molecule has 2 heterocycles. The zero-order valence-electron chi connectivity index (χ0n) is 8.14. The Kier molecular flexibility index (Phi) is 5.92. The van der Waals surface area contributed by atoms with Crippen LogP contribution in [0.5, 0.6) is 0 Å². The van der Waals surface area contributed by atoms with Crippen LogP contribution in [0.25, 0.3) is 0 Å². The molecule has 0 aromatic carbocycles. The first-order chi connectivity index (χ1) is 5.86. The number of piperazine rings is 1. The van der Waals surface area contributed by atoms with E-state index in [0.717, 1.165) is 26.2 Å². The third-order valence-corrected chi connectivity index (χ3v) is 2.17. The van der Waals surface area contributed by atoms with Crippen molar-refractivity contribution in [3.63, 3.8) is 0 Å². The van der Waals surface area contributed by atoms with Crippen LogP contribution in [0.2, 0.25) is 0 Å². The molecule has 1 aromatic heterocycles. The number of halogens is 2. The minimum Gasteiger partial charge on any atom is -0.366 e. The number of rotatable bonds is 1. The normalized spacial score (nSPS) is 15.6. The number of aromatic nitrogens is 2. The van der Waals surface area contributed by atoms with E-state index in [2.05, 4.69) is 21.5 Å². The van der Waals surface area contributed by atoms with Gasteiger partial charge in [-0.1, -0.05) is 0 Å². The molecule has 0 atom stereocenters. The number of anilines is 1. The summed E-state index contributed by atoms with van der Waals surface area (Å²) in [6.07, 6.45) is 3.98. The minimum atomic E-state index is 0. The van der Waals surface area contributed by atoms with Gasteiger partial charge in [0, 0.05) is 39.4 Å². The number of aryl methyl sites for hydroxylation is 1. The van der Waals surface area contributed by atoms with Crippen LogP contribution in [0, 0.1) is 0 Å². The van der Waals surface area contributed by atoms with Crippen LogP contribution >= 0.6 is 24.8 Å². The SMILES string of the molecule is Cl.Cl.Cn1cc(N2CCNCC2)cn1. The summed E-state index contributed by atoms with van der Waals surface area (Å²) in [5.41, 5.74) is 1.24. The number of nitrogens with zero attached hydrogens (tertiary/aromatic N) is 3. The Bertz CT molecular complexity index is 258. The lowest BCUT2D eigenvalue weighted by Gasteiger charge is -2.27. The summed E-state index contributed by atoms with van der Waals surface area (Å²) in [6.45, 7) is 4.33. The molecule has 1 fully saturated rings. The molecule has 4 nitrogen and oxygen atoms in total. The van der Waals surface area contributed by atoms with Crippen molar-refractivity contribution in [1.29, 1.82) is 0 Å². The summed E-state index contributed by atoms with van der Waals surface area (Å²) in [5.74, 6) is 0. The Balaban J connectivity index is 0.000000845. The quantitative estimate of drug-likeness (QED) is 0.782. The van der Waals surface area contributed by atoms with Crippen LogP contribution in [-0.2, 0) is 7.05 Å². The summed E-state index contributed by atoms with van der Waals surface area (Å²) in [6, 6.07) is 0. The molecule has 6 heteroatoms. The highest BCUT2D eigenvalue weighted by Gasteiger charge is 2.10. The van der Waals surface area contributed by atoms with Crippen LogP contribution in [0.1, 0.15) is 0 Å². The Labute approximate surface area is 96.5 Å². The van der Waals surface area contributed by atoms with E-state index in [1.54, 1.807) is 0 Å². The Morgan fingerprint density at radius 1 is 1.29 bits per heavy atom. The molecule has 0 radical (unpaired) electrons. The summed E-state index contributed by atoms with van der Waals surface area (Å²) >= 11 is 0. The Hall–Kier alpha value is -0.450. The molecule has 0 spiro atoms. The summed E-state index contributed by atoms with van der Waals surface area (Å²) in [7, 11) is 1.95. The molecular formula is C8H16Cl2N4. The number of hydrogen-bond donors (Lipinski definition) is 1.